The van der Waals surface area contributed by atoms with Crippen molar-refractivity contribution in [1.29, 1.82) is 0 Å². The van der Waals surface area contributed by atoms with Crippen molar-refractivity contribution < 1.29 is 38.3 Å². The van der Waals surface area contributed by atoms with Crippen molar-refractivity contribution in [2.75, 3.05) is 72.7 Å². The normalized spacial score (nSPS) is 10.8. The standard InChI is InChI=1S/C19H30O8/c20-19(21)6-7-22-8-9-23-10-11-24-12-13-25-14-15-26-16-17-27-18-4-2-1-3-5-18/h1-5H,6-17H2,(H,20,21). The topological polar surface area (TPSA) is 92.7 Å². The van der Waals surface area contributed by atoms with Gasteiger partial charge < -0.3 is 33.5 Å². The first-order valence-electron chi connectivity index (χ1n) is 9.07. The maximum Gasteiger partial charge on any atom is 0.305 e. The predicted octanol–water partition coefficient (Wildman–Crippen LogP) is 1.62. The number of carboxylic acid groups (broad SMARTS) is 1. The summed E-state index contributed by atoms with van der Waals surface area (Å²) >= 11 is 0. The predicted molar refractivity (Wildman–Crippen MR) is 98.3 cm³/mol. The summed E-state index contributed by atoms with van der Waals surface area (Å²) in [5, 5.41) is 8.43. The van der Waals surface area contributed by atoms with Crippen LogP contribution in [0.15, 0.2) is 30.3 Å². The molecule has 8 heteroatoms. The van der Waals surface area contributed by atoms with Gasteiger partial charge in [0.05, 0.1) is 72.5 Å². The average Bonchev–Trinajstić information content (AvgIpc) is 2.67. The van der Waals surface area contributed by atoms with Gasteiger partial charge in [-0.1, -0.05) is 18.2 Å². The Morgan fingerprint density at radius 1 is 0.630 bits per heavy atom. The van der Waals surface area contributed by atoms with Crippen molar-refractivity contribution in [3.05, 3.63) is 30.3 Å². The minimum atomic E-state index is -0.866. The molecule has 0 amide bonds. The van der Waals surface area contributed by atoms with Crippen LogP contribution in [0.4, 0.5) is 0 Å². The Hall–Kier alpha value is -1.71. The van der Waals surface area contributed by atoms with Crippen molar-refractivity contribution in [2.24, 2.45) is 0 Å². The Kier molecular flexibility index (Phi) is 15.3. The second-order valence-electron chi connectivity index (χ2n) is 5.37. The van der Waals surface area contributed by atoms with E-state index in [1.54, 1.807) is 0 Å². The summed E-state index contributed by atoms with van der Waals surface area (Å²) in [7, 11) is 0. The molecule has 0 aliphatic heterocycles. The third-order valence-electron chi connectivity index (χ3n) is 3.19. The molecule has 0 heterocycles. The molecule has 0 unspecified atom stereocenters. The number of aliphatic carboxylic acids is 1. The van der Waals surface area contributed by atoms with Gasteiger partial charge in [0.1, 0.15) is 12.4 Å². The summed E-state index contributed by atoms with van der Waals surface area (Å²) in [6.45, 7) is 5.01. The number of ether oxygens (including phenoxy) is 6. The maximum absolute atomic E-state index is 10.3. The van der Waals surface area contributed by atoms with Gasteiger partial charge in [0.2, 0.25) is 0 Å². The number of hydrogen-bond acceptors (Lipinski definition) is 7. The zero-order chi connectivity index (χ0) is 19.4. The Bertz CT molecular complexity index is 454. The molecular weight excluding hydrogens is 356 g/mol. The summed E-state index contributed by atoms with van der Waals surface area (Å²) < 4.78 is 32.0. The van der Waals surface area contributed by atoms with Crippen molar-refractivity contribution >= 4 is 5.97 Å². The Labute approximate surface area is 160 Å². The highest BCUT2D eigenvalue weighted by molar-refractivity contribution is 5.66. The van der Waals surface area contributed by atoms with Gasteiger partial charge >= 0.3 is 5.97 Å². The van der Waals surface area contributed by atoms with Gasteiger partial charge in [0.25, 0.3) is 0 Å². The van der Waals surface area contributed by atoms with E-state index in [2.05, 4.69) is 0 Å². The van der Waals surface area contributed by atoms with E-state index in [4.69, 9.17) is 33.5 Å². The molecule has 0 saturated carbocycles. The van der Waals surface area contributed by atoms with Crippen molar-refractivity contribution in [2.45, 2.75) is 6.42 Å². The van der Waals surface area contributed by atoms with E-state index in [-0.39, 0.29) is 13.0 Å². The first kappa shape index (κ1) is 23.3. The molecule has 0 saturated heterocycles. The SMILES string of the molecule is O=C(O)CCOCCOCCOCCOCCOCCOc1ccccc1. The first-order valence-corrected chi connectivity index (χ1v) is 9.07. The fourth-order valence-corrected chi connectivity index (χ4v) is 1.88. The summed E-state index contributed by atoms with van der Waals surface area (Å²) in [4.78, 5) is 10.3. The molecule has 27 heavy (non-hydrogen) atoms. The monoisotopic (exact) mass is 386 g/mol. The van der Waals surface area contributed by atoms with Gasteiger partial charge in [-0.15, -0.1) is 0 Å². The summed E-state index contributed by atoms with van der Waals surface area (Å²) in [5.41, 5.74) is 0. The maximum atomic E-state index is 10.3. The Balaban J connectivity index is 1.69. The third-order valence-corrected chi connectivity index (χ3v) is 3.19. The lowest BCUT2D eigenvalue weighted by Crippen LogP contribution is -2.14. The van der Waals surface area contributed by atoms with Crippen LogP contribution in [-0.4, -0.2) is 83.8 Å². The van der Waals surface area contributed by atoms with E-state index >= 15 is 0 Å². The number of para-hydroxylation sites is 1. The molecule has 0 atom stereocenters. The quantitative estimate of drug-likeness (QED) is 0.359. The number of carboxylic acids is 1. The van der Waals surface area contributed by atoms with Gasteiger partial charge in [-0.25, -0.2) is 0 Å². The average molecular weight is 386 g/mol. The molecule has 1 N–H and O–H groups in total. The van der Waals surface area contributed by atoms with Gasteiger partial charge in [-0.3, -0.25) is 4.79 Å². The van der Waals surface area contributed by atoms with E-state index in [9.17, 15) is 4.79 Å². The van der Waals surface area contributed by atoms with Gasteiger partial charge in [0.15, 0.2) is 0 Å². The lowest BCUT2D eigenvalue weighted by Gasteiger charge is -2.08. The van der Waals surface area contributed by atoms with E-state index in [0.717, 1.165) is 5.75 Å². The summed E-state index contributed by atoms with van der Waals surface area (Å²) in [5.74, 6) is -0.0284. The van der Waals surface area contributed by atoms with Crippen LogP contribution in [0.5, 0.6) is 5.75 Å². The molecule has 1 aromatic carbocycles. The van der Waals surface area contributed by atoms with Crippen LogP contribution in [0, 0.1) is 0 Å². The van der Waals surface area contributed by atoms with E-state index in [1.165, 1.54) is 0 Å². The Morgan fingerprint density at radius 2 is 1.04 bits per heavy atom. The van der Waals surface area contributed by atoms with Crippen LogP contribution in [-0.2, 0) is 28.5 Å². The zero-order valence-electron chi connectivity index (χ0n) is 15.7. The molecule has 0 aromatic heterocycles. The van der Waals surface area contributed by atoms with E-state index in [1.807, 2.05) is 30.3 Å². The second-order valence-corrected chi connectivity index (χ2v) is 5.37. The van der Waals surface area contributed by atoms with Crippen LogP contribution in [0.3, 0.4) is 0 Å². The smallest absolute Gasteiger partial charge is 0.305 e. The number of carbonyl (C=O) groups is 1. The van der Waals surface area contributed by atoms with Crippen molar-refractivity contribution in [3.63, 3.8) is 0 Å². The molecule has 8 nitrogen and oxygen atoms in total. The highest BCUT2D eigenvalue weighted by atomic mass is 16.6. The summed E-state index contributed by atoms with van der Waals surface area (Å²) in [6.07, 6.45) is 0.00954. The van der Waals surface area contributed by atoms with E-state index < -0.39 is 5.97 Å². The van der Waals surface area contributed by atoms with E-state index in [0.29, 0.717) is 66.1 Å². The molecule has 1 aromatic rings. The van der Waals surface area contributed by atoms with Crippen LogP contribution in [0.1, 0.15) is 6.42 Å². The lowest BCUT2D eigenvalue weighted by atomic mass is 10.3. The highest BCUT2D eigenvalue weighted by Gasteiger charge is 1.97. The van der Waals surface area contributed by atoms with Gasteiger partial charge in [-0.2, -0.15) is 0 Å². The molecule has 0 aliphatic carbocycles. The van der Waals surface area contributed by atoms with Crippen LogP contribution >= 0.6 is 0 Å². The van der Waals surface area contributed by atoms with Crippen LogP contribution in [0.2, 0.25) is 0 Å². The highest BCUT2D eigenvalue weighted by Crippen LogP contribution is 2.07. The van der Waals surface area contributed by atoms with Gasteiger partial charge in [0, 0.05) is 0 Å². The molecular formula is C19H30O8. The molecule has 1 rings (SSSR count). The fourth-order valence-electron chi connectivity index (χ4n) is 1.88. The molecule has 0 spiro atoms. The molecule has 0 radical (unpaired) electrons. The minimum Gasteiger partial charge on any atom is -0.491 e. The van der Waals surface area contributed by atoms with Crippen LogP contribution < -0.4 is 4.74 Å². The molecule has 154 valence electrons. The molecule has 0 fully saturated rings. The van der Waals surface area contributed by atoms with Crippen molar-refractivity contribution in [3.8, 4) is 5.75 Å². The number of hydrogen-bond donors (Lipinski definition) is 1. The third kappa shape index (κ3) is 16.2. The van der Waals surface area contributed by atoms with Crippen LogP contribution in [0.25, 0.3) is 0 Å². The fraction of sp³-hybridized carbons (Fsp3) is 0.632. The lowest BCUT2D eigenvalue weighted by molar-refractivity contribution is -0.138. The van der Waals surface area contributed by atoms with Crippen molar-refractivity contribution in [1.82, 2.24) is 0 Å². The second kappa shape index (κ2) is 17.7. The summed E-state index contributed by atoms with van der Waals surface area (Å²) in [6, 6.07) is 9.62. The number of rotatable bonds is 19. The van der Waals surface area contributed by atoms with Gasteiger partial charge in [-0.05, 0) is 12.1 Å². The molecule has 0 bridgehead atoms. The zero-order valence-corrected chi connectivity index (χ0v) is 15.7. The first-order chi connectivity index (χ1) is 13.3. The molecule has 0 aliphatic rings. The minimum absolute atomic E-state index is 0.00954. The largest absolute Gasteiger partial charge is 0.491 e. The number of benzene rings is 1. The Morgan fingerprint density at radius 3 is 1.48 bits per heavy atom.